The van der Waals surface area contributed by atoms with Gasteiger partial charge in [0.1, 0.15) is 0 Å². The Hall–Kier alpha value is -1.16. The fraction of sp³-hybridized carbons (Fsp3) is 0.556. The van der Waals surface area contributed by atoms with Gasteiger partial charge in [-0.25, -0.2) is 4.98 Å². The van der Waals surface area contributed by atoms with Gasteiger partial charge in [0, 0.05) is 24.2 Å². The first-order valence-electron chi connectivity index (χ1n) is 4.28. The number of hydrogen-bond acceptors (Lipinski definition) is 3. The Morgan fingerprint density at radius 2 is 2.46 bits per heavy atom. The lowest BCUT2D eigenvalue weighted by atomic mass is 9.89. The first-order chi connectivity index (χ1) is 6.20. The quantitative estimate of drug-likeness (QED) is 0.656. The van der Waals surface area contributed by atoms with Crippen LogP contribution in [0.1, 0.15) is 6.92 Å². The van der Waals surface area contributed by atoms with E-state index in [2.05, 4.69) is 11.9 Å². The number of aromatic nitrogens is 2. The van der Waals surface area contributed by atoms with E-state index >= 15 is 0 Å². The van der Waals surface area contributed by atoms with Crippen LogP contribution in [0.2, 0.25) is 0 Å². The molecule has 13 heavy (non-hydrogen) atoms. The van der Waals surface area contributed by atoms with Gasteiger partial charge in [0.15, 0.2) is 0 Å². The maximum absolute atomic E-state index is 11.3. The van der Waals surface area contributed by atoms with Gasteiger partial charge >= 0.3 is 0 Å². The maximum Gasteiger partial charge on any atom is 0.253 e. The number of ether oxygens (including phenoxy) is 1. The van der Waals surface area contributed by atoms with Gasteiger partial charge in [-0.3, -0.25) is 9.36 Å². The molecule has 1 saturated heterocycles. The Labute approximate surface area is 76.2 Å². The molecule has 0 saturated carbocycles. The summed E-state index contributed by atoms with van der Waals surface area (Å²) >= 11 is 0. The second-order valence-electron chi connectivity index (χ2n) is 3.85. The highest BCUT2D eigenvalue weighted by molar-refractivity contribution is 4.87. The van der Waals surface area contributed by atoms with Crippen LogP contribution in [0.4, 0.5) is 0 Å². The van der Waals surface area contributed by atoms with E-state index in [1.165, 1.54) is 12.3 Å². The van der Waals surface area contributed by atoms with E-state index < -0.39 is 0 Å². The van der Waals surface area contributed by atoms with Gasteiger partial charge in [0.05, 0.1) is 19.5 Å². The van der Waals surface area contributed by atoms with Crippen molar-refractivity contribution in [1.29, 1.82) is 0 Å². The Balaban J connectivity index is 2.18. The highest BCUT2D eigenvalue weighted by Gasteiger charge is 2.33. The summed E-state index contributed by atoms with van der Waals surface area (Å²) in [5.74, 6) is 0. The van der Waals surface area contributed by atoms with Gasteiger partial charge in [-0.2, -0.15) is 0 Å². The first kappa shape index (κ1) is 8.44. The number of hydrogen-bond donors (Lipinski definition) is 0. The van der Waals surface area contributed by atoms with Crippen LogP contribution in [0, 0.1) is 5.41 Å². The van der Waals surface area contributed by atoms with Crippen molar-refractivity contribution >= 4 is 0 Å². The van der Waals surface area contributed by atoms with E-state index in [4.69, 9.17) is 4.74 Å². The van der Waals surface area contributed by atoms with E-state index in [9.17, 15) is 4.79 Å². The van der Waals surface area contributed by atoms with E-state index in [1.807, 2.05) is 0 Å². The number of nitrogens with zero attached hydrogens (tertiary/aromatic N) is 2. The van der Waals surface area contributed by atoms with Gasteiger partial charge in [-0.15, -0.1) is 0 Å². The van der Waals surface area contributed by atoms with Crippen LogP contribution < -0.4 is 5.56 Å². The lowest BCUT2D eigenvalue weighted by Gasteiger charge is -2.38. The summed E-state index contributed by atoms with van der Waals surface area (Å²) in [4.78, 5) is 15.2. The fourth-order valence-electron chi connectivity index (χ4n) is 1.45. The predicted molar refractivity (Wildman–Crippen MR) is 47.4 cm³/mol. The van der Waals surface area contributed by atoms with Gasteiger partial charge < -0.3 is 4.74 Å². The van der Waals surface area contributed by atoms with Crippen LogP contribution in [0.3, 0.4) is 0 Å². The van der Waals surface area contributed by atoms with E-state index in [1.54, 1.807) is 10.9 Å². The highest BCUT2D eigenvalue weighted by Crippen LogP contribution is 2.27. The molecule has 70 valence electrons. The largest absolute Gasteiger partial charge is 0.380 e. The molecule has 0 N–H and O–H groups in total. The molecular weight excluding hydrogens is 168 g/mol. The summed E-state index contributed by atoms with van der Waals surface area (Å²) in [6.07, 6.45) is 3.09. The summed E-state index contributed by atoms with van der Waals surface area (Å²) in [6.45, 7) is 4.26. The Bertz CT molecular complexity index is 355. The van der Waals surface area contributed by atoms with E-state index in [-0.39, 0.29) is 11.0 Å². The SMILES string of the molecule is CC1(Cn2cnccc2=O)COC1. The molecule has 2 rings (SSSR count). The minimum Gasteiger partial charge on any atom is -0.380 e. The zero-order chi connectivity index (χ0) is 9.31. The monoisotopic (exact) mass is 180 g/mol. The predicted octanol–water partition coefficient (Wildman–Crippen LogP) is 0.280. The van der Waals surface area contributed by atoms with Gasteiger partial charge in [0.25, 0.3) is 5.56 Å². The average Bonchev–Trinajstić information content (AvgIpc) is 2.06. The molecule has 1 fully saturated rings. The van der Waals surface area contributed by atoms with Crippen molar-refractivity contribution in [1.82, 2.24) is 9.55 Å². The van der Waals surface area contributed by atoms with Crippen LogP contribution in [0.25, 0.3) is 0 Å². The standard InChI is InChI=1S/C9H12N2O2/c1-9(5-13-6-9)4-11-7-10-3-2-8(11)12/h2-3,7H,4-6H2,1H3. The molecule has 4 heteroatoms. The van der Waals surface area contributed by atoms with Crippen LogP contribution in [0.5, 0.6) is 0 Å². The second kappa shape index (κ2) is 2.96. The van der Waals surface area contributed by atoms with E-state index in [0.29, 0.717) is 6.54 Å². The summed E-state index contributed by atoms with van der Waals surface area (Å²) in [5, 5.41) is 0. The molecule has 0 aromatic carbocycles. The fourth-order valence-corrected chi connectivity index (χ4v) is 1.45. The molecule has 2 heterocycles. The summed E-state index contributed by atoms with van der Waals surface area (Å²) < 4.78 is 6.74. The third-order valence-corrected chi connectivity index (χ3v) is 2.25. The topological polar surface area (TPSA) is 44.1 Å². The molecule has 1 aliphatic rings. The summed E-state index contributed by atoms with van der Waals surface area (Å²) in [5.41, 5.74) is 0.121. The minimum absolute atomic E-state index is 0.00289. The van der Waals surface area contributed by atoms with Crippen molar-refractivity contribution in [2.24, 2.45) is 5.41 Å². The lowest BCUT2D eigenvalue weighted by Crippen LogP contribution is -2.44. The van der Waals surface area contributed by atoms with Gasteiger partial charge in [0.2, 0.25) is 0 Å². The van der Waals surface area contributed by atoms with Crippen LogP contribution in [0.15, 0.2) is 23.4 Å². The zero-order valence-electron chi connectivity index (χ0n) is 7.56. The van der Waals surface area contributed by atoms with Crippen LogP contribution in [-0.2, 0) is 11.3 Å². The van der Waals surface area contributed by atoms with Crippen molar-refractivity contribution in [2.75, 3.05) is 13.2 Å². The van der Waals surface area contributed by atoms with Crippen molar-refractivity contribution < 1.29 is 4.74 Å². The zero-order valence-corrected chi connectivity index (χ0v) is 7.56. The molecule has 1 aliphatic heterocycles. The highest BCUT2D eigenvalue weighted by atomic mass is 16.5. The summed E-state index contributed by atoms with van der Waals surface area (Å²) in [7, 11) is 0. The molecule has 1 aromatic heterocycles. The molecule has 0 bridgehead atoms. The smallest absolute Gasteiger partial charge is 0.253 e. The van der Waals surface area contributed by atoms with Crippen molar-refractivity contribution in [3.63, 3.8) is 0 Å². The Kier molecular flexibility index (Phi) is 1.92. The Morgan fingerprint density at radius 1 is 1.69 bits per heavy atom. The third kappa shape index (κ3) is 1.62. The molecule has 0 radical (unpaired) electrons. The van der Waals surface area contributed by atoms with Crippen LogP contribution in [-0.4, -0.2) is 22.8 Å². The second-order valence-corrected chi connectivity index (χ2v) is 3.85. The molecule has 0 unspecified atom stereocenters. The maximum atomic E-state index is 11.3. The molecule has 0 amide bonds. The molecule has 0 spiro atoms. The van der Waals surface area contributed by atoms with Gasteiger partial charge in [-0.1, -0.05) is 6.92 Å². The molecule has 4 nitrogen and oxygen atoms in total. The summed E-state index contributed by atoms with van der Waals surface area (Å²) in [6, 6.07) is 1.48. The van der Waals surface area contributed by atoms with E-state index in [0.717, 1.165) is 13.2 Å². The average molecular weight is 180 g/mol. The molecule has 0 aliphatic carbocycles. The van der Waals surface area contributed by atoms with Gasteiger partial charge in [-0.05, 0) is 0 Å². The molecular formula is C9H12N2O2. The van der Waals surface area contributed by atoms with Crippen molar-refractivity contribution in [3.8, 4) is 0 Å². The van der Waals surface area contributed by atoms with Crippen molar-refractivity contribution in [3.05, 3.63) is 28.9 Å². The van der Waals surface area contributed by atoms with Crippen LogP contribution >= 0.6 is 0 Å². The molecule has 0 atom stereocenters. The minimum atomic E-state index is 0.00289. The normalized spacial score (nSPS) is 19.5. The lowest BCUT2D eigenvalue weighted by molar-refractivity contribution is -0.110. The third-order valence-electron chi connectivity index (χ3n) is 2.25. The first-order valence-corrected chi connectivity index (χ1v) is 4.28. The molecule has 1 aromatic rings. The number of rotatable bonds is 2. The van der Waals surface area contributed by atoms with Crippen molar-refractivity contribution in [2.45, 2.75) is 13.5 Å². The Morgan fingerprint density at radius 3 is 3.00 bits per heavy atom.